The number of benzene rings is 2. The van der Waals surface area contributed by atoms with E-state index in [-0.39, 0.29) is 11.6 Å². The van der Waals surface area contributed by atoms with Gasteiger partial charge in [0.05, 0.1) is 25.2 Å². The largest absolute Gasteiger partial charge is 0.321 e. The molecule has 0 bridgehead atoms. The van der Waals surface area contributed by atoms with E-state index in [0.29, 0.717) is 18.7 Å². The van der Waals surface area contributed by atoms with Gasteiger partial charge in [-0.25, -0.2) is 4.68 Å². The molecule has 0 aliphatic carbocycles. The van der Waals surface area contributed by atoms with Crippen LogP contribution in [0.15, 0.2) is 60.8 Å². The molecule has 0 saturated carbocycles. The lowest BCUT2D eigenvalue weighted by Gasteiger charge is -2.03. The molecule has 0 aliphatic heterocycles. The van der Waals surface area contributed by atoms with Crippen LogP contribution in [0.2, 0.25) is 0 Å². The molecule has 2 aromatic carbocycles. The van der Waals surface area contributed by atoms with E-state index in [9.17, 15) is 4.79 Å². The second-order valence-corrected chi connectivity index (χ2v) is 5.27. The van der Waals surface area contributed by atoms with Gasteiger partial charge in [-0.3, -0.25) is 4.79 Å². The summed E-state index contributed by atoms with van der Waals surface area (Å²) in [6, 6.07) is 19.1. The predicted molar refractivity (Wildman–Crippen MR) is 89.3 cm³/mol. The molecule has 0 spiro atoms. The van der Waals surface area contributed by atoms with Gasteiger partial charge in [-0.1, -0.05) is 47.7 Å². The van der Waals surface area contributed by atoms with Crippen LogP contribution >= 0.6 is 0 Å². The zero-order valence-corrected chi connectivity index (χ0v) is 12.9. The Morgan fingerprint density at radius 1 is 1.08 bits per heavy atom. The highest BCUT2D eigenvalue weighted by atomic mass is 16.2. The molecule has 0 fully saturated rings. The molecule has 0 saturated heterocycles. The normalized spacial score (nSPS) is 10.1. The summed E-state index contributed by atoms with van der Waals surface area (Å²) in [4.78, 5) is 12.2. The van der Waals surface area contributed by atoms with Crippen LogP contribution in [0.5, 0.6) is 0 Å². The summed E-state index contributed by atoms with van der Waals surface area (Å²) < 4.78 is 1.63. The maximum Gasteiger partial charge on any atom is 0.277 e. The van der Waals surface area contributed by atoms with E-state index in [1.807, 2.05) is 42.5 Å². The number of nitrogens with one attached hydrogen (secondary N) is 1. The second-order valence-electron chi connectivity index (χ2n) is 5.27. The number of amides is 1. The number of nitriles is 1. The van der Waals surface area contributed by atoms with Crippen LogP contribution in [-0.2, 0) is 13.0 Å². The lowest BCUT2D eigenvalue weighted by Crippen LogP contribution is -2.12. The fourth-order valence-electron chi connectivity index (χ4n) is 2.24. The van der Waals surface area contributed by atoms with Crippen LogP contribution in [-0.4, -0.2) is 20.9 Å². The van der Waals surface area contributed by atoms with Gasteiger partial charge in [-0.15, -0.1) is 5.10 Å². The number of hydrogen-bond acceptors (Lipinski definition) is 4. The Labute approximate surface area is 139 Å². The third kappa shape index (κ3) is 3.84. The molecule has 1 aromatic heterocycles. The standard InChI is InChI=1S/C18H15N5O/c19-11-10-14-6-8-16(9-7-14)20-18(24)17-13-23(22-21-17)12-15-4-2-1-3-5-15/h1-9,13H,10,12H2,(H,20,24). The first-order valence-corrected chi connectivity index (χ1v) is 7.46. The van der Waals surface area contributed by atoms with Crippen molar-refractivity contribution in [2.24, 2.45) is 0 Å². The molecule has 6 heteroatoms. The first-order chi connectivity index (χ1) is 11.7. The maximum absolute atomic E-state index is 12.2. The predicted octanol–water partition coefficient (Wildman–Crippen LogP) is 2.64. The van der Waals surface area contributed by atoms with Crippen molar-refractivity contribution < 1.29 is 4.79 Å². The maximum atomic E-state index is 12.2. The van der Waals surface area contributed by atoms with E-state index in [1.165, 1.54) is 0 Å². The Hall–Kier alpha value is -3.46. The Bertz CT molecular complexity index is 862. The fraction of sp³-hybridized carbons (Fsp3) is 0.111. The summed E-state index contributed by atoms with van der Waals surface area (Å²) >= 11 is 0. The minimum Gasteiger partial charge on any atom is -0.321 e. The molecule has 1 amide bonds. The fourth-order valence-corrected chi connectivity index (χ4v) is 2.24. The Balaban J connectivity index is 1.64. The van der Waals surface area contributed by atoms with Crippen molar-refractivity contribution in [2.45, 2.75) is 13.0 Å². The highest BCUT2D eigenvalue weighted by Crippen LogP contribution is 2.11. The third-order valence-electron chi connectivity index (χ3n) is 3.45. The first kappa shape index (κ1) is 15.4. The molecule has 3 rings (SSSR count). The highest BCUT2D eigenvalue weighted by Gasteiger charge is 2.11. The topological polar surface area (TPSA) is 83.6 Å². The number of anilines is 1. The van der Waals surface area contributed by atoms with E-state index in [4.69, 9.17) is 5.26 Å². The number of nitrogens with zero attached hydrogens (tertiary/aromatic N) is 4. The molecule has 0 radical (unpaired) electrons. The SMILES string of the molecule is N#CCc1ccc(NC(=O)c2cn(Cc3ccccc3)nn2)cc1. The third-order valence-corrected chi connectivity index (χ3v) is 3.45. The molecule has 1 N–H and O–H groups in total. The lowest BCUT2D eigenvalue weighted by atomic mass is 10.1. The van der Waals surface area contributed by atoms with Crippen molar-refractivity contribution in [1.82, 2.24) is 15.0 Å². The average molecular weight is 317 g/mol. The van der Waals surface area contributed by atoms with Crippen LogP contribution in [0, 0.1) is 11.3 Å². The van der Waals surface area contributed by atoms with Crippen molar-refractivity contribution in [1.29, 1.82) is 5.26 Å². The summed E-state index contributed by atoms with van der Waals surface area (Å²) in [5.74, 6) is -0.317. The first-order valence-electron chi connectivity index (χ1n) is 7.46. The highest BCUT2D eigenvalue weighted by molar-refractivity contribution is 6.02. The minimum absolute atomic E-state index is 0.257. The van der Waals surface area contributed by atoms with Gasteiger partial charge in [0, 0.05) is 5.69 Å². The molecule has 0 aliphatic rings. The summed E-state index contributed by atoms with van der Waals surface area (Å²) in [5, 5.41) is 19.3. The Morgan fingerprint density at radius 2 is 1.83 bits per heavy atom. The zero-order valence-electron chi connectivity index (χ0n) is 12.9. The van der Waals surface area contributed by atoms with Crippen LogP contribution < -0.4 is 5.32 Å². The van der Waals surface area contributed by atoms with Gasteiger partial charge in [-0.2, -0.15) is 5.26 Å². The van der Waals surface area contributed by atoms with Crippen molar-refractivity contribution in [2.75, 3.05) is 5.32 Å². The van der Waals surface area contributed by atoms with Crippen LogP contribution in [0.3, 0.4) is 0 Å². The van der Waals surface area contributed by atoms with Crippen molar-refractivity contribution >= 4 is 11.6 Å². The molecule has 118 valence electrons. The molecule has 6 nitrogen and oxygen atoms in total. The van der Waals surface area contributed by atoms with Gasteiger partial charge in [0.2, 0.25) is 0 Å². The zero-order chi connectivity index (χ0) is 16.8. The summed E-state index contributed by atoms with van der Waals surface area (Å²) in [6.07, 6.45) is 1.97. The van der Waals surface area contributed by atoms with Gasteiger partial charge < -0.3 is 5.32 Å². The molecule has 24 heavy (non-hydrogen) atoms. The number of rotatable bonds is 5. The molecule has 0 atom stereocenters. The molecule has 1 heterocycles. The second kappa shape index (κ2) is 7.20. The van der Waals surface area contributed by atoms with Gasteiger partial charge in [-0.05, 0) is 23.3 Å². The van der Waals surface area contributed by atoms with Gasteiger partial charge >= 0.3 is 0 Å². The number of carbonyl (C=O) groups excluding carboxylic acids is 1. The van der Waals surface area contributed by atoms with E-state index in [2.05, 4.69) is 21.7 Å². The van der Waals surface area contributed by atoms with Crippen molar-refractivity contribution in [3.63, 3.8) is 0 Å². The van der Waals surface area contributed by atoms with Crippen LogP contribution in [0.25, 0.3) is 0 Å². The van der Waals surface area contributed by atoms with Crippen molar-refractivity contribution in [3.8, 4) is 6.07 Å². The van der Waals surface area contributed by atoms with Gasteiger partial charge in [0.1, 0.15) is 0 Å². The van der Waals surface area contributed by atoms with E-state index < -0.39 is 0 Å². The molecular formula is C18H15N5O. The summed E-state index contributed by atoms with van der Waals surface area (Å²) in [5.41, 5.74) is 2.90. The van der Waals surface area contributed by atoms with E-state index in [1.54, 1.807) is 23.0 Å². The van der Waals surface area contributed by atoms with Crippen LogP contribution in [0.1, 0.15) is 21.6 Å². The van der Waals surface area contributed by atoms with Crippen LogP contribution in [0.4, 0.5) is 5.69 Å². The Morgan fingerprint density at radius 3 is 2.54 bits per heavy atom. The summed E-state index contributed by atoms with van der Waals surface area (Å²) in [6.45, 7) is 0.560. The van der Waals surface area contributed by atoms with Gasteiger partial charge in [0.15, 0.2) is 5.69 Å². The smallest absolute Gasteiger partial charge is 0.277 e. The number of hydrogen-bond donors (Lipinski definition) is 1. The van der Waals surface area contributed by atoms with E-state index in [0.717, 1.165) is 11.1 Å². The van der Waals surface area contributed by atoms with E-state index >= 15 is 0 Å². The number of aromatic nitrogens is 3. The average Bonchev–Trinajstić information content (AvgIpc) is 3.06. The summed E-state index contributed by atoms with van der Waals surface area (Å²) in [7, 11) is 0. The quantitative estimate of drug-likeness (QED) is 0.784. The molecule has 3 aromatic rings. The molecule has 0 unspecified atom stereocenters. The Kier molecular flexibility index (Phi) is 4.63. The van der Waals surface area contributed by atoms with Gasteiger partial charge in [0.25, 0.3) is 5.91 Å². The minimum atomic E-state index is -0.317. The molecular weight excluding hydrogens is 302 g/mol. The number of carbonyl (C=O) groups is 1. The van der Waals surface area contributed by atoms with Crippen molar-refractivity contribution in [3.05, 3.63) is 77.6 Å². The lowest BCUT2D eigenvalue weighted by molar-refractivity contribution is 0.102. The monoisotopic (exact) mass is 317 g/mol.